The van der Waals surface area contributed by atoms with Crippen LogP contribution >= 0.6 is 12.4 Å². The molecule has 18 heavy (non-hydrogen) atoms. The lowest BCUT2D eigenvalue weighted by Gasteiger charge is -2.18. The second-order valence-corrected chi connectivity index (χ2v) is 4.82. The van der Waals surface area contributed by atoms with Gasteiger partial charge in [-0.2, -0.15) is 0 Å². The first-order valence-electron chi connectivity index (χ1n) is 6.26. The van der Waals surface area contributed by atoms with Crippen molar-refractivity contribution >= 4 is 18.2 Å². The number of nitrogens with one attached hydrogen (secondary N) is 1. The maximum absolute atomic E-state index is 12.4. The number of hydrogen-bond donors (Lipinski definition) is 2. The van der Waals surface area contributed by atoms with E-state index in [1.807, 2.05) is 19.1 Å². The van der Waals surface area contributed by atoms with Gasteiger partial charge in [-0.25, -0.2) is 0 Å². The third-order valence-electron chi connectivity index (χ3n) is 3.72. The summed E-state index contributed by atoms with van der Waals surface area (Å²) in [4.78, 5) is 12.4. The summed E-state index contributed by atoms with van der Waals surface area (Å²) in [6.45, 7) is 5.73. The smallest absolute Gasteiger partial charge is 0.180 e. The summed E-state index contributed by atoms with van der Waals surface area (Å²) < 4.78 is 0. The van der Waals surface area contributed by atoms with Crippen LogP contribution in [0.25, 0.3) is 0 Å². The van der Waals surface area contributed by atoms with Crippen molar-refractivity contribution in [3.8, 4) is 0 Å². The fraction of sp³-hybridized carbons (Fsp3) is 0.500. The van der Waals surface area contributed by atoms with Gasteiger partial charge in [0, 0.05) is 18.7 Å². The van der Waals surface area contributed by atoms with Crippen molar-refractivity contribution in [2.75, 3.05) is 0 Å². The zero-order valence-corrected chi connectivity index (χ0v) is 11.7. The van der Waals surface area contributed by atoms with E-state index in [0.29, 0.717) is 0 Å². The molecule has 0 aromatic heterocycles. The Bertz CT molecular complexity index is 434. The molecular weight excluding hydrogens is 248 g/mol. The SMILES string of the molecule is CCC(C)C(N)C(=O)c1cccc2c1CNC2.Cl. The van der Waals surface area contributed by atoms with E-state index in [2.05, 4.69) is 18.3 Å². The van der Waals surface area contributed by atoms with Crippen molar-refractivity contribution in [1.29, 1.82) is 0 Å². The highest BCUT2D eigenvalue weighted by Gasteiger charge is 2.25. The molecule has 2 unspecified atom stereocenters. The van der Waals surface area contributed by atoms with Gasteiger partial charge in [0.25, 0.3) is 0 Å². The molecule has 0 bridgehead atoms. The molecule has 4 heteroatoms. The predicted octanol–water partition coefficient (Wildman–Crippen LogP) is 2.27. The molecular formula is C14H21ClN2O. The highest BCUT2D eigenvalue weighted by Crippen LogP contribution is 2.22. The molecule has 0 radical (unpaired) electrons. The molecule has 1 aliphatic rings. The minimum absolute atomic E-state index is 0. The molecule has 3 N–H and O–H groups in total. The first-order valence-corrected chi connectivity index (χ1v) is 6.26. The second kappa shape index (κ2) is 6.32. The number of ketones is 1. The van der Waals surface area contributed by atoms with Gasteiger partial charge in [-0.05, 0) is 17.0 Å². The third kappa shape index (κ3) is 2.74. The van der Waals surface area contributed by atoms with E-state index in [9.17, 15) is 4.79 Å². The standard InChI is InChI=1S/C14H20N2O.ClH/c1-3-9(2)13(15)14(17)11-6-4-5-10-7-16-8-12(10)11;/h4-6,9,13,16H,3,7-8,15H2,1-2H3;1H. The van der Waals surface area contributed by atoms with Crippen LogP contribution in [-0.4, -0.2) is 11.8 Å². The molecule has 0 saturated carbocycles. The first-order chi connectivity index (χ1) is 8.15. The summed E-state index contributed by atoms with van der Waals surface area (Å²) in [7, 11) is 0. The van der Waals surface area contributed by atoms with Crippen LogP contribution < -0.4 is 11.1 Å². The Morgan fingerprint density at radius 3 is 2.83 bits per heavy atom. The summed E-state index contributed by atoms with van der Waals surface area (Å²) in [6, 6.07) is 5.53. The van der Waals surface area contributed by atoms with Crippen LogP contribution in [0.4, 0.5) is 0 Å². The summed E-state index contributed by atoms with van der Waals surface area (Å²) in [5.41, 5.74) is 9.20. The molecule has 1 aromatic rings. The lowest BCUT2D eigenvalue weighted by molar-refractivity contribution is 0.0934. The largest absolute Gasteiger partial charge is 0.321 e. The Morgan fingerprint density at radius 2 is 2.17 bits per heavy atom. The molecule has 100 valence electrons. The molecule has 1 heterocycles. The van der Waals surface area contributed by atoms with Gasteiger partial charge in [0.2, 0.25) is 0 Å². The van der Waals surface area contributed by atoms with Gasteiger partial charge in [0.15, 0.2) is 5.78 Å². The fourth-order valence-electron chi connectivity index (χ4n) is 2.25. The number of Topliss-reactive ketones (excluding diaryl/α,β-unsaturated/α-hetero) is 1. The third-order valence-corrected chi connectivity index (χ3v) is 3.72. The molecule has 2 atom stereocenters. The van der Waals surface area contributed by atoms with Crippen molar-refractivity contribution in [2.45, 2.75) is 39.4 Å². The van der Waals surface area contributed by atoms with Gasteiger partial charge < -0.3 is 11.1 Å². The molecule has 0 amide bonds. The molecule has 2 rings (SSSR count). The number of rotatable bonds is 4. The molecule has 3 nitrogen and oxygen atoms in total. The Hall–Kier alpha value is -0.900. The maximum atomic E-state index is 12.4. The predicted molar refractivity (Wildman–Crippen MR) is 76.0 cm³/mol. The molecule has 0 saturated heterocycles. The number of halogens is 1. The topological polar surface area (TPSA) is 55.1 Å². The van der Waals surface area contributed by atoms with Crippen LogP contribution in [0.2, 0.25) is 0 Å². The number of carbonyl (C=O) groups excluding carboxylic acids is 1. The van der Waals surface area contributed by atoms with Gasteiger partial charge in [-0.1, -0.05) is 38.5 Å². The van der Waals surface area contributed by atoms with E-state index in [-0.39, 0.29) is 30.2 Å². The fourth-order valence-corrected chi connectivity index (χ4v) is 2.25. The Kier molecular flexibility index (Phi) is 5.32. The van der Waals surface area contributed by atoms with Crippen molar-refractivity contribution in [3.05, 3.63) is 34.9 Å². The van der Waals surface area contributed by atoms with Gasteiger partial charge in [0.1, 0.15) is 0 Å². The number of nitrogens with two attached hydrogens (primary N) is 1. The van der Waals surface area contributed by atoms with Gasteiger partial charge in [-0.3, -0.25) is 4.79 Å². The quantitative estimate of drug-likeness (QED) is 0.824. The zero-order chi connectivity index (χ0) is 12.4. The van der Waals surface area contributed by atoms with Crippen LogP contribution in [-0.2, 0) is 13.1 Å². The van der Waals surface area contributed by atoms with Gasteiger partial charge in [-0.15, -0.1) is 12.4 Å². The highest BCUT2D eigenvalue weighted by molar-refractivity contribution is 6.01. The summed E-state index contributed by atoms with van der Waals surface area (Å²) >= 11 is 0. The average Bonchev–Trinajstić information content (AvgIpc) is 2.83. The summed E-state index contributed by atoms with van der Waals surface area (Å²) in [5, 5.41) is 3.27. The van der Waals surface area contributed by atoms with Crippen molar-refractivity contribution in [1.82, 2.24) is 5.32 Å². The van der Waals surface area contributed by atoms with E-state index in [1.54, 1.807) is 0 Å². The van der Waals surface area contributed by atoms with Crippen LogP contribution in [0, 0.1) is 5.92 Å². The van der Waals surface area contributed by atoms with Crippen LogP contribution in [0.1, 0.15) is 41.8 Å². The van der Waals surface area contributed by atoms with E-state index >= 15 is 0 Å². The summed E-state index contributed by atoms with van der Waals surface area (Å²) in [6.07, 6.45) is 0.931. The molecule has 1 aliphatic heterocycles. The van der Waals surface area contributed by atoms with E-state index < -0.39 is 0 Å². The van der Waals surface area contributed by atoms with Crippen molar-refractivity contribution < 1.29 is 4.79 Å². The van der Waals surface area contributed by atoms with Gasteiger partial charge >= 0.3 is 0 Å². The lowest BCUT2D eigenvalue weighted by atomic mass is 9.89. The minimum atomic E-state index is -0.382. The highest BCUT2D eigenvalue weighted by atomic mass is 35.5. The van der Waals surface area contributed by atoms with Crippen molar-refractivity contribution in [2.24, 2.45) is 11.7 Å². The monoisotopic (exact) mass is 268 g/mol. The van der Waals surface area contributed by atoms with E-state index in [4.69, 9.17) is 5.73 Å². The number of carbonyl (C=O) groups is 1. The van der Waals surface area contributed by atoms with Gasteiger partial charge in [0.05, 0.1) is 6.04 Å². The molecule has 0 fully saturated rings. The van der Waals surface area contributed by atoms with E-state index in [0.717, 1.165) is 30.6 Å². The first kappa shape index (κ1) is 15.2. The maximum Gasteiger partial charge on any atom is 0.180 e. The Balaban J connectivity index is 0.00000162. The normalized spacial score (nSPS) is 16.6. The van der Waals surface area contributed by atoms with Crippen molar-refractivity contribution in [3.63, 3.8) is 0 Å². The molecule has 0 aliphatic carbocycles. The second-order valence-electron chi connectivity index (χ2n) is 4.82. The van der Waals surface area contributed by atoms with Crippen LogP contribution in [0.3, 0.4) is 0 Å². The molecule has 0 spiro atoms. The zero-order valence-electron chi connectivity index (χ0n) is 10.9. The Labute approximate surface area is 115 Å². The lowest BCUT2D eigenvalue weighted by Crippen LogP contribution is -2.37. The number of benzene rings is 1. The average molecular weight is 269 g/mol. The summed E-state index contributed by atoms with van der Waals surface area (Å²) in [5.74, 6) is 0.313. The van der Waals surface area contributed by atoms with Crippen LogP contribution in [0.15, 0.2) is 18.2 Å². The molecule has 1 aromatic carbocycles. The number of fused-ring (bicyclic) bond motifs is 1. The van der Waals surface area contributed by atoms with Crippen LogP contribution in [0.5, 0.6) is 0 Å². The Morgan fingerprint density at radius 1 is 1.44 bits per heavy atom. The number of hydrogen-bond acceptors (Lipinski definition) is 3. The van der Waals surface area contributed by atoms with E-state index in [1.165, 1.54) is 5.56 Å². The minimum Gasteiger partial charge on any atom is -0.321 e.